The molecular weight excluding hydrogens is 234 g/mol. The maximum atomic E-state index is 11.6. The maximum Gasteiger partial charge on any atom is 0.303 e. The van der Waals surface area contributed by atoms with Gasteiger partial charge in [-0.3, -0.25) is 9.59 Å². The topological polar surface area (TPSA) is 64.6 Å². The van der Waals surface area contributed by atoms with Crippen molar-refractivity contribution in [2.24, 2.45) is 0 Å². The minimum atomic E-state index is -0.777. The zero-order valence-electron chi connectivity index (χ0n) is 10.7. The number of ether oxygens (including phenoxy) is 2. The van der Waals surface area contributed by atoms with E-state index in [1.54, 1.807) is 7.11 Å². The highest BCUT2D eigenvalue weighted by Crippen LogP contribution is 2.10. The Hall–Kier alpha value is -2.04. The third-order valence-corrected chi connectivity index (χ3v) is 2.34. The third-order valence-electron chi connectivity index (χ3n) is 2.34. The Morgan fingerprint density at radius 3 is 2.39 bits per heavy atom. The normalized spacial score (nSPS) is 11.5. The SMILES string of the molecule is COc1ccc(CNC(=O)[C@H](C)OC(C)=O)cc1. The molecule has 5 nitrogen and oxygen atoms in total. The van der Waals surface area contributed by atoms with Crippen LogP contribution in [0.15, 0.2) is 24.3 Å². The van der Waals surface area contributed by atoms with Gasteiger partial charge >= 0.3 is 5.97 Å². The number of rotatable bonds is 5. The number of benzene rings is 1. The summed E-state index contributed by atoms with van der Waals surface area (Å²) < 4.78 is 9.80. The summed E-state index contributed by atoms with van der Waals surface area (Å²) in [6.07, 6.45) is -0.777. The van der Waals surface area contributed by atoms with Gasteiger partial charge in [-0.05, 0) is 24.6 Å². The highest BCUT2D eigenvalue weighted by molar-refractivity contribution is 5.82. The van der Waals surface area contributed by atoms with Crippen molar-refractivity contribution in [3.05, 3.63) is 29.8 Å². The van der Waals surface area contributed by atoms with E-state index in [1.807, 2.05) is 24.3 Å². The summed E-state index contributed by atoms with van der Waals surface area (Å²) in [5.74, 6) is -0.0264. The number of carbonyl (C=O) groups is 2. The first kappa shape index (κ1) is 14.0. The van der Waals surface area contributed by atoms with E-state index in [2.05, 4.69) is 5.32 Å². The van der Waals surface area contributed by atoms with E-state index in [-0.39, 0.29) is 5.91 Å². The van der Waals surface area contributed by atoms with Crippen LogP contribution < -0.4 is 10.1 Å². The molecule has 5 heteroatoms. The summed E-state index contributed by atoms with van der Waals surface area (Å²) in [4.78, 5) is 22.2. The Labute approximate surface area is 106 Å². The van der Waals surface area contributed by atoms with Crippen LogP contribution in [-0.2, 0) is 20.9 Å². The average Bonchev–Trinajstić information content (AvgIpc) is 2.35. The van der Waals surface area contributed by atoms with Crippen molar-refractivity contribution in [2.75, 3.05) is 7.11 Å². The van der Waals surface area contributed by atoms with Crippen LogP contribution in [0.25, 0.3) is 0 Å². The van der Waals surface area contributed by atoms with Gasteiger partial charge in [0.2, 0.25) is 0 Å². The molecule has 1 atom stereocenters. The fourth-order valence-electron chi connectivity index (χ4n) is 1.38. The summed E-state index contributed by atoms with van der Waals surface area (Å²) in [7, 11) is 1.59. The van der Waals surface area contributed by atoms with Gasteiger partial charge in [0.05, 0.1) is 7.11 Å². The molecule has 0 heterocycles. The summed E-state index contributed by atoms with van der Waals surface area (Å²) >= 11 is 0. The van der Waals surface area contributed by atoms with E-state index < -0.39 is 12.1 Å². The van der Waals surface area contributed by atoms with Crippen LogP contribution in [0.4, 0.5) is 0 Å². The Kier molecular flexibility index (Phi) is 5.17. The highest BCUT2D eigenvalue weighted by atomic mass is 16.5. The van der Waals surface area contributed by atoms with Crippen molar-refractivity contribution in [2.45, 2.75) is 26.5 Å². The van der Waals surface area contributed by atoms with Crippen molar-refractivity contribution < 1.29 is 19.1 Å². The van der Waals surface area contributed by atoms with Gasteiger partial charge in [0.15, 0.2) is 6.10 Å². The summed E-state index contributed by atoms with van der Waals surface area (Å²) in [6.45, 7) is 3.19. The Morgan fingerprint density at radius 2 is 1.89 bits per heavy atom. The lowest BCUT2D eigenvalue weighted by atomic mass is 10.2. The summed E-state index contributed by atoms with van der Waals surface area (Å²) in [5, 5.41) is 2.68. The molecule has 0 spiro atoms. The minimum absolute atomic E-state index is 0.319. The molecule has 1 aromatic rings. The predicted molar refractivity (Wildman–Crippen MR) is 66.1 cm³/mol. The number of carbonyl (C=O) groups excluding carboxylic acids is 2. The first-order valence-electron chi connectivity index (χ1n) is 5.60. The third kappa shape index (κ3) is 4.45. The van der Waals surface area contributed by atoms with Gasteiger partial charge in [0.1, 0.15) is 5.75 Å². The van der Waals surface area contributed by atoms with E-state index in [9.17, 15) is 9.59 Å². The highest BCUT2D eigenvalue weighted by Gasteiger charge is 2.14. The van der Waals surface area contributed by atoms with Gasteiger partial charge < -0.3 is 14.8 Å². The molecule has 0 bridgehead atoms. The fraction of sp³-hybridized carbons (Fsp3) is 0.385. The number of hydrogen-bond acceptors (Lipinski definition) is 4. The number of amides is 1. The van der Waals surface area contributed by atoms with Gasteiger partial charge in [-0.2, -0.15) is 0 Å². The molecule has 0 radical (unpaired) electrons. The van der Waals surface area contributed by atoms with Gasteiger partial charge in [-0.25, -0.2) is 0 Å². The van der Waals surface area contributed by atoms with Crippen LogP contribution in [0.3, 0.4) is 0 Å². The van der Waals surface area contributed by atoms with E-state index in [4.69, 9.17) is 9.47 Å². The lowest BCUT2D eigenvalue weighted by molar-refractivity contribution is -0.152. The second-order valence-electron chi connectivity index (χ2n) is 3.82. The molecule has 1 aromatic carbocycles. The Bertz CT molecular complexity index is 414. The van der Waals surface area contributed by atoms with Crippen molar-refractivity contribution in [1.29, 1.82) is 0 Å². The molecule has 0 aromatic heterocycles. The monoisotopic (exact) mass is 251 g/mol. The van der Waals surface area contributed by atoms with E-state index in [1.165, 1.54) is 13.8 Å². The average molecular weight is 251 g/mol. The van der Waals surface area contributed by atoms with E-state index in [0.29, 0.717) is 6.54 Å². The van der Waals surface area contributed by atoms with Gasteiger partial charge in [0, 0.05) is 13.5 Å². The van der Waals surface area contributed by atoms with Gasteiger partial charge in [-0.15, -0.1) is 0 Å². The lowest BCUT2D eigenvalue weighted by Crippen LogP contribution is -2.34. The number of hydrogen-bond donors (Lipinski definition) is 1. The van der Waals surface area contributed by atoms with Crippen molar-refractivity contribution in [3.8, 4) is 5.75 Å². The smallest absolute Gasteiger partial charge is 0.303 e. The molecule has 0 aliphatic rings. The molecule has 0 aliphatic heterocycles. The molecule has 98 valence electrons. The zero-order chi connectivity index (χ0) is 13.5. The number of methoxy groups -OCH3 is 1. The van der Waals surface area contributed by atoms with Crippen molar-refractivity contribution in [1.82, 2.24) is 5.32 Å². The molecule has 1 rings (SSSR count). The predicted octanol–water partition coefficient (Wildman–Crippen LogP) is 1.26. The summed E-state index contributed by atoms with van der Waals surface area (Å²) in [6, 6.07) is 7.35. The van der Waals surface area contributed by atoms with Gasteiger partial charge in [0.25, 0.3) is 5.91 Å². The largest absolute Gasteiger partial charge is 0.497 e. The molecule has 1 N–H and O–H groups in total. The Balaban J connectivity index is 2.44. The van der Waals surface area contributed by atoms with Gasteiger partial charge in [-0.1, -0.05) is 12.1 Å². The second kappa shape index (κ2) is 6.64. The minimum Gasteiger partial charge on any atom is -0.497 e. The van der Waals surface area contributed by atoms with Crippen LogP contribution in [0, 0.1) is 0 Å². The quantitative estimate of drug-likeness (QED) is 0.800. The molecular formula is C13H17NO4. The first-order valence-corrected chi connectivity index (χ1v) is 5.60. The molecule has 0 aliphatic carbocycles. The van der Waals surface area contributed by atoms with Crippen molar-refractivity contribution in [3.63, 3.8) is 0 Å². The zero-order valence-corrected chi connectivity index (χ0v) is 10.7. The maximum absolute atomic E-state index is 11.6. The van der Waals surface area contributed by atoms with Crippen LogP contribution in [0.2, 0.25) is 0 Å². The first-order chi connectivity index (χ1) is 8.52. The van der Waals surface area contributed by atoms with E-state index in [0.717, 1.165) is 11.3 Å². The molecule has 1 amide bonds. The molecule has 0 fully saturated rings. The molecule has 0 saturated heterocycles. The van der Waals surface area contributed by atoms with Crippen LogP contribution >= 0.6 is 0 Å². The summed E-state index contributed by atoms with van der Waals surface area (Å²) in [5.41, 5.74) is 0.944. The van der Waals surface area contributed by atoms with Crippen LogP contribution in [-0.4, -0.2) is 25.1 Å². The fourth-order valence-corrected chi connectivity index (χ4v) is 1.38. The Morgan fingerprint density at radius 1 is 1.28 bits per heavy atom. The van der Waals surface area contributed by atoms with Crippen LogP contribution in [0.1, 0.15) is 19.4 Å². The number of esters is 1. The number of nitrogens with one attached hydrogen (secondary N) is 1. The molecule has 0 unspecified atom stereocenters. The molecule has 0 saturated carbocycles. The molecule has 18 heavy (non-hydrogen) atoms. The standard InChI is InChI=1S/C13H17NO4/c1-9(18-10(2)15)13(16)14-8-11-4-6-12(17-3)7-5-11/h4-7,9H,8H2,1-3H3,(H,14,16)/t9-/m0/s1. The van der Waals surface area contributed by atoms with Crippen molar-refractivity contribution >= 4 is 11.9 Å². The van der Waals surface area contributed by atoms with E-state index >= 15 is 0 Å². The second-order valence-corrected chi connectivity index (χ2v) is 3.82. The lowest BCUT2D eigenvalue weighted by Gasteiger charge is -2.12. The van der Waals surface area contributed by atoms with Crippen LogP contribution in [0.5, 0.6) is 5.75 Å².